The fourth-order valence-electron chi connectivity index (χ4n) is 2.84. The van der Waals surface area contributed by atoms with Crippen LogP contribution in [-0.4, -0.2) is 47.8 Å². The van der Waals surface area contributed by atoms with Crippen molar-refractivity contribution in [1.82, 2.24) is 4.90 Å². The number of nitrogens with one attached hydrogen (secondary N) is 1. The third-order valence-corrected chi connectivity index (χ3v) is 4.51. The summed E-state index contributed by atoms with van der Waals surface area (Å²) in [6.07, 6.45) is 0. The van der Waals surface area contributed by atoms with Gasteiger partial charge >= 0.3 is 11.8 Å². The van der Waals surface area contributed by atoms with Crippen molar-refractivity contribution in [3.63, 3.8) is 0 Å². The molecule has 2 aromatic rings. The van der Waals surface area contributed by atoms with Crippen LogP contribution in [0, 0.1) is 10.1 Å². The standard InChI is InChI=1S/C18H17ClN4O4/c19-13-2-1-3-16(12-13)21-8-10-22(11-9-21)18(25)17(24)20-14-4-6-15(7-5-14)23(26)27/h1-7,12H,8-11H2,(H,20,24). The van der Waals surface area contributed by atoms with Gasteiger partial charge in [0, 0.05) is 54.7 Å². The Morgan fingerprint density at radius 2 is 1.70 bits per heavy atom. The van der Waals surface area contributed by atoms with Gasteiger partial charge < -0.3 is 15.1 Å². The van der Waals surface area contributed by atoms with Gasteiger partial charge in [-0.05, 0) is 30.3 Å². The molecule has 9 heteroatoms. The highest BCUT2D eigenvalue weighted by Crippen LogP contribution is 2.21. The molecule has 0 unspecified atom stereocenters. The third kappa shape index (κ3) is 4.53. The summed E-state index contributed by atoms with van der Waals surface area (Å²) >= 11 is 6.01. The summed E-state index contributed by atoms with van der Waals surface area (Å²) in [6.45, 7) is 2.02. The van der Waals surface area contributed by atoms with Crippen LogP contribution in [0.1, 0.15) is 0 Å². The van der Waals surface area contributed by atoms with Crippen molar-refractivity contribution in [2.75, 3.05) is 36.4 Å². The topological polar surface area (TPSA) is 95.8 Å². The summed E-state index contributed by atoms with van der Waals surface area (Å²) in [5, 5.41) is 13.8. The maximum atomic E-state index is 12.3. The molecule has 140 valence electrons. The number of benzene rings is 2. The Morgan fingerprint density at radius 1 is 1.04 bits per heavy atom. The Morgan fingerprint density at radius 3 is 2.30 bits per heavy atom. The molecule has 0 aromatic heterocycles. The van der Waals surface area contributed by atoms with E-state index in [0.29, 0.717) is 36.9 Å². The molecule has 0 bridgehead atoms. The number of carbonyl (C=O) groups is 2. The van der Waals surface area contributed by atoms with Crippen molar-refractivity contribution in [2.45, 2.75) is 0 Å². The number of hydrogen-bond acceptors (Lipinski definition) is 5. The van der Waals surface area contributed by atoms with Gasteiger partial charge in [0.05, 0.1) is 4.92 Å². The predicted molar refractivity (Wildman–Crippen MR) is 102 cm³/mol. The highest BCUT2D eigenvalue weighted by atomic mass is 35.5. The van der Waals surface area contributed by atoms with Crippen molar-refractivity contribution in [1.29, 1.82) is 0 Å². The Kier molecular flexibility index (Phi) is 5.56. The number of amides is 2. The highest BCUT2D eigenvalue weighted by Gasteiger charge is 2.26. The molecule has 1 fully saturated rings. The first-order valence-electron chi connectivity index (χ1n) is 8.29. The monoisotopic (exact) mass is 388 g/mol. The summed E-state index contributed by atoms with van der Waals surface area (Å²) in [4.78, 5) is 38.2. The summed E-state index contributed by atoms with van der Waals surface area (Å²) in [5.74, 6) is -1.39. The zero-order valence-corrected chi connectivity index (χ0v) is 15.1. The smallest absolute Gasteiger partial charge is 0.313 e. The molecule has 1 saturated heterocycles. The molecular weight excluding hydrogens is 372 g/mol. The number of carbonyl (C=O) groups excluding carboxylic acids is 2. The molecule has 1 aliphatic rings. The van der Waals surface area contributed by atoms with Crippen LogP contribution in [0.25, 0.3) is 0 Å². The molecule has 0 aliphatic carbocycles. The summed E-state index contributed by atoms with van der Waals surface area (Å²) in [5.41, 5.74) is 1.22. The molecule has 1 aliphatic heterocycles. The first kappa shape index (κ1) is 18.7. The summed E-state index contributed by atoms with van der Waals surface area (Å²) < 4.78 is 0. The average Bonchev–Trinajstić information content (AvgIpc) is 2.68. The van der Waals surface area contributed by atoms with Gasteiger partial charge in [-0.2, -0.15) is 0 Å². The zero-order chi connectivity index (χ0) is 19.4. The largest absolute Gasteiger partial charge is 0.368 e. The van der Waals surface area contributed by atoms with Crippen molar-refractivity contribution in [3.05, 3.63) is 63.7 Å². The number of nitro groups is 1. The van der Waals surface area contributed by atoms with Gasteiger partial charge in [0.15, 0.2) is 0 Å². The van der Waals surface area contributed by atoms with E-state index in [1.165, 1.54) is 29.2 Å². The van der Waals surface area contributed by atoms with Crippen LogP contribution < -0.4 is 10.2 Å². The van der Waals surface area contributed by atoms with E-state index in [9.17, 15) is 19.7 Å². The van der Waals surface area contributed by atoms with E-state index in [1.807, 2.05) is 18.2 Å². The second-order valence-corrected chi connectivity index (χ2v) is 6.45. The van der Waals surface area contributed by atoms with Crippen LogP contribution in [0.15, 0.2) is 48.5 Å². The number of non-ortho nitro benzene ring substituents is 1. The van der Waals surface area contributed by atoms with E-state index in [2.05, 4.69) is 10.2 Å². The van der Waals surface area contributed by atoms with E-state index in [0.717, 1.165) is 5.69 Å². The van der Waals surface area contributed by atoms with Crippen LogP contribution in [0.2, 0.25) is 5.02 Å². The van der Waals surface area contributed by atoms with Gasteiger partial charge in [-0.15, -0.1) is 0 Å². The van der Waals surface area contributed by atoms with Crippen LogP contribution in [0.4, 0.5) is 17.1 Å². The lowest BCUT2D eigenvalue weighted by Gasteiger charge is -2.35. The molecule has 0 atom stereocenters. The minimum atomic E-state index is -0.764. The molecule has 8 nitrogen and oxygen atoms in total. The van der Waals surface area contributed by atoms with E-state index in [1.54, 1.807) is 6.07 Å². The number of piperazine rings is 1. The van der Waals surface area contributed by atoms with Gasteiger partial charge in [-0.3, -0.25) is 19.7 Å². The number of nitrogens with zero attached hydrogens (tertiary/aromatic N) is 3. The summed E-state index contributed by atoms with van der Waals surface area (Å²) in [6, 6.07) is 12.8. The average molecular weight is 389 g/mol. The number of nitro benzene ring substituents is 1. The number of anilines is 2. The summed E-state index contributed by atoms with van der Waals surface area (Å²) in [7, 11) is 0. The van der Waals surface area contributed by atoms with Gasteiger partial charge in [-0.25, -0.2) is 0 Å². The molecule has 0 spiro atoms. The van der Waals surface area contributed by atoms with Crippen LogP contribution in [0.3, 0.4) is 0 Å². The normalized spacial score (nSPS) is 14.0. The fraction of sp³-hybridized carbons (Fsp3) is 0.222. The molecule has 3 rings (SSSR count). The molecule has 1 heterocycles. The lowest BCUT2D eigenvalue weighted by atomic mass is 10.2. The van der Waals surface area contributed by atoms with Crippen molar-refractivity contribution in [3.8, 4) is 0 Å². The highest BCUT2D eigenvalue weighted by molar-refractivity contribution is 6.39. The van der Waals surface area contributed by atoms with Crippen molar-refractivity contribution < 1.29 is 14.5 Å². The van der Waals surface area contributed by atoms with E-state index >= 15 is 0 Å². The van der Waals surface area contributed by atoms with Crippen LogP contribution in [0.5, 0.6) is 0 Å². The maximum Gasteiger partial charge on any atom is 0.313 e. The number of halogens is 1. The molecule has 0 radical (unpaired) electrons. The van der Waals surface area contributed by atoms with Gasteiger partial charge in [-0.1, -0.05) is 17.7 Å². The Balaban J connectivity index is 1.55. The third-order valence-electron chi connectivity index (χ3n) is 4.27. The van der Waals surface area contributed by atoms with E-state index < -0.39 is 16.7 Å². The molecular formula is C18H17ClN4O4. The minimum Gasteiger partial charge on any atom is -0.368 e. The second-order valence-electron chi connectivity index (χ2n) is 6.02. The quantitative estimate of drug-likeness (QED) is 0.495. The van der Waals surface area contributed by atoms with Gasteiger partial charge in [0.25, 0.3) is 5.69 Å². The Hall–Kier alpha value is -3.13. The molecule has 27 heavy (non-hydrogen) atoms. The van der Waals surface area contributed by atoms with Crippen molar-refractivity contribution in [2.24, 2.45) is 0 Å². The number of hydrogen-bond donors (Lipinski definition) is 1. The minimum absolute atomic E-state index is 0.0866. The van der Waals surface area contributed by atoms with E-state index in [-0.39, 0.29) is 5.69 Å². The van der Waals surface area contributed by atoms with Gasteiger partial charge in [0.1, 0.15) is 0 Å². The predicted octanol–water partition coefficient (Wildman–Crippen LogP) is 2.54. The Bertz CT molecular complexity index is 864. The second kappa shape index (κ2) is 8.05. The first-order chi connectivity index (χ1) is 12.9. The molecule has 2 aromatic carbocycles. The van der Waals surface area contributed by atoms with E-state index in [4.69, 9.17) is 11.6 Å². The first-order valence-corrected chi connectivity index (χ1v) is 8.67. The molecule has 2 amide bonds. The van der Waals surface area contributed by atoms with Gasteiger partial charge in [0.2, 0.25) is 0 Å². The zero-order valence-electron chi connectivity index (χ0n) is 14.3. The number of rotatable bonds is 3. The SMILES string of the molecule is O=C(Nc1ccc([N+](=O)[O-])cc1)C(=O)N1CCN(c2cccc(Cl)c2)CC1. The van der Waals surface area contributed by atoms with Crippen LogP contribution >= 0.6 is 11.6 Å². The molecule has 0 saturated carbocycles. The fourth-order valence-corrected chi connectivity index (χ4v) is 3.02. The maximum absolute atomic E-state index is 12.3. The van der Waals surface area contributed by atoms with Crippen LogP contribution in [-0.2, 0) is 9.59 Å². The molecule has 1 N–H and O–H groups in total. The van der Waals surface area contributed by atoms with Crippen molar-refractivity contribution >= 4 is 40.5 Å². The Labute approximate surface area is 160 Å². The lowest BCUT2D eigenvalue weighted by Crippen LogP contribution is -2.51. The lowest BCUT2D eigenvalue weighted by molar-refractivity contribution is -0.384.